The molecule has 1 aromatic carbocycles. The van der Waals surface area contributed by atoms with Crippen LogP contribution in [-0.4, -0.2) is 80.2 Å². The van der Waals surface area contributed by atoms with Crippen molar-refractivity contribution in [1.82, 2.24) is 15.1 Å². The number of hydrogen-bond donors (Lipinski definition) is 2. The van der Waals surface area contributed by atoms with Crippen molar-refractivity contribution < 1.29 is 23.9 Å². The molecule has 2 rings (SSSR count). The van der Waals surface area contributed by atoms with Crippen LogP contribution in [0.2, 0.25) is 0 Å². The molecule has 4 amide bonds. The van der Waals surface area contributed by atoms with Gasteiger partial charge in [0.05, 0.1) is 17.7 Å². The van der Waals surface area contributed by atoms with Gasteiger partial charge in [0.15, 0.2) is 0 Å². The predicted octanol–water partition coefficient (Wildman–Crippen LogP) is 2.96. The first-order chi connectivity index (χ1) is 15.7. The number of benzene rings is 1. The first-order valence-corrected chi connectivity index (χ1v) is 11.6. The molecule has 1 heterocycles. The second-order valence-electron chi connectivity index (χ2n) is 8.59. The molecule has 3 atom stereocenters. The Bertz CT molecular complexity index is 831. The second-order valence-corrected chi connectivity index (χ2v) is 8.59. The topological polar surface area (TPSA) is 100 Å². The normalized spacial score (nSPS) is 21.9. The third kappa shape index (κ3) is 7.08. The number of anilines is 1. The average Bonchev–Trinajstić information content (AvgIpc) is 2.81. The third-order valence-corrected chi connectivity index (χ3v) is 5.86. The number of nitrogens with zero attached hydrogens (tertiary/aromatic N) is 2. The molecule has 9 nitrogen and oxygen atoms in total. The molecule has 1 aliphatic rings. The van der Waals surface area contributed by atoms with Crippen LogP contribution in [0.3, 0.4) is 0 Å². The molecule has 9 heteroatoms. The Kier molecular flexibility index (Phi) is 9.96. The van der Waals surface area contributed by atoms with Crippen molar-refractivity contribution in [2.45, 2.75) is 52.7 Å². The van der Waals surface area contributed by atoms with E-state index in [4.69, 9.17) is 9.47 Å². The molecule has 0 fully saturated rings. The number of nitrogens with one attached hydrogen (secondary N) is 2. The smallest absolute Gasteiger partial charge is 0.319 e. The minimum Gasteiger partial charge on any atom is -0.491 e. The van der Waals surface area contributed by atoms with Crippen molar-refractivity contribution in [3.05, 3.63) is 23.8 Å². The van der Waals surface area contributed by atoms with E-state index in [2.05, 4.69) is 10.6 Å². The summed E-state index contributed by atoms with van der Waals surface area (Å²) in [4.78, 5) is 41.4. The number of methoxy groups -OCH3 is 1. The SMILES string of the molecule is CCCNC(=O)Nc1ccc2c(c1)OC[C@H](C)N(C(=O)CC)C[C@H](C)[C@H](OC)CN(C)C2=O. The van der Waals surface area contributed by atoms with Gasteiger partial charge in [0, 0.05) is 57.9 Å². The van der Waals surface area contributed by atoms with Gasteiger partial charge in [0.2, 0.25) is 5.91 Å². The summed E-state index contributed by atoms with van der Waals surface area (Å²) >= 11 is 0. The quantitative estimate of drug-likeness (QED) is 0.701. The van der Waals surface area contributed by atoms with Gasteiger partial charge in [-0.15, -0.1) is 0 Å². The highest BCUT2D eigenvalue weighted by Gasteiger charge is 2.29. The maximum Gasteiger partial charge on any atom is 0.319 e. The number of fused-ring (bicyclic) bond motifs is 1. The Labute approximate surface area is 196 Å². The monoisotopic (exact) mass is 462 g/mol. The molecule has 0 radical (unpaired) electrons. The van der Waals surface area contributed by atoms with E-state index in [9.17, 15) is 14.4 Å². The first-order valence-electron chi connectivity index (χ1n) is 11.6. The number of carbonyl (C=O) groups excluding carboxylic acids is 3. The Hall–Kier alpha value is -2.81. The highest BCUT2D eigenvalue weighted by molar-refractivity contribution is 5.98. The molecule has 0 aromatic heterocycles. The standard InChI is InChI=1S/C24H38N4O5/c1-7-11-25-24(31)26-18-9-10-19-20(12-18)33-15-17(4)28(22(29)8-2)13-16(3)21(32-6)14-27(5)23(19)30/h9-10,12,16-17,21H,7-8,11,13-15H2,1-6H3,(H2,25,26,31)/t16-,17-,21+/m0/s1. The Morgan fingerprint density at radius 2 is 1.94 bits per heavy atom. The van der Waals surface area contributed by atoms with Gasteiger partial charge < -0.3 is 29.9 Å². The van der Waals surface area contributed by atoms with E-state index >= 15 is 0 Å². The Balaban J connectivity index is 2.39. The van der Waals surface area contributed by atoms with Crippen LogP contribution in [-0.2, 0) is 9.53 Å². The number of likely N-dealkylation sites (N-methyl/N-ethyl adjacent to an activating group) is 1. The fourth-order valence-electron chi connectivity index (χ4n) is 3.81. The molecule has 0 bridgehead atoms. The van der Waals surface area contributed by atoms with E-state index in [1.807, 2.05) is 32.6 Å². The van der Waals surface area contributed by atoms with E-state index in [1.54, 1.807) is 37.3 Å². The van der Waals surface area contributed by atoms with Crippen molar-refractivity contribution in [2.75, 3.05) is 45.7 Å². The predicted molar refractivity (Wildman–Crippen MR) is 128 cm³/mol. The van der Waals surface area contributed by atoms with Gasteiger partial charge in [0.1, 0.15) is 12.4 Å². The van der Waals surface area contributed by atoms with Gasteiger partial charge in [-0.25, -0.2) is 4.79 Å². The van der Waals surface area contributed by atoms with Crippen LogP contribution in [0.15, 0.2) is 18.2 Å². The van der Waals surface area contributed by atoms with Crippen LogP contribution in [0.5, 0.6) is 5.75 Å². The molecular formula is C24H38N4O5. The van der Waals surface area contributed by atoms with Crippen molar-refractivity contribution >= 4 is 23.5 Å². The number of rotatable bonds is 5. The van der Waals surface area contributed by atoms with Gasteiger partial charge in [-0.2, -0.15) is 0 Å². The van der Waals surface area contributed by atoms with E-state index in [1.165, 1.54) is 0 Å². The molecule has 0 saturated heterocycles. The van der Waals surface area contributed by atoms with Gasteiger partial charge in [-0.1, -0.05) is 20.8 Å². The summed E-state index contributed by atoms with van der Waals surface area (Å²) in [7, 11) is 3.35. The molecule has 2 N–H and O–H groups in total. The van der Waals surface area contributed by atoms with E-state index in [0.29, 0.717) is 43.1 Å². The molecule has 0 spiro atoms. The lowest BCUT2D eigenvalue weighted by Crippen LogP contribution is -2.48. The number of urea groups is 1. The summed E-state index contributed by atoms with van der Waals surface area (Å²) in [6.07, 6.45) is 0.989. The van der Waals surface area contributed by atoms with E-state index in [0.717, 1.165) is 6.42 Å². The first kappa shape index (κ1) is 26.4. The molecule has 0 aliphatic carbocycles. The highest BCUT2D eigenvalue weighted by atomic mass is 16.5. The zero-order valence-electron chi connectivity index (χ0n) is 20.6. The Morgan fingerprint density at radius 3 is 2.58 bits per heavy atom. The summed E-state index contributed by atoms with van der Waals surface area (Å²) in [6, 6.07) is 4.45. The van der Waals surface area contributed by atoms with Gasteiger partial charge in [-0.3, -0.25) is 9.59 Å². The molecule has 33 heavy (non-hydrogen) atoms. The molecule has 0 saturated carbocycles. The highest BCUT2D eigenvalue weighted by Crippen LogP contribution is 2.27. The molecular weight excluding hydrogens is 424 g/mol. The molecule has 184 valence electrons. The van der Waals surface area contributed by atoms with Crippen molar-refractivity contribution in [3.8, 4) is 5.75 Å². The zero-order valence-corrected chi connectivity index (χ0v) is 20.6. The summed E-state index contributed by atoms with van der Waals surface area (Å²) in [5, 5.41) is 5.52. The van der Waals surface area contributed by atoms with Crippen molar-refractivity contribution in [2.24, 2.45) is 5.92 Å². The van der Waals surface area contributed by atoms with Crippen molar-refractivity contribution in [3.63, 3.8) is 0 Å². The largest absolute Gasteiger partial charge is 0.491 e. The summed E-state index contributed by atoms with van der Waals surface area (Å²) < 4.78 is 11.8. The lowest BCUT2D eigenvalue weighted by Gasteiger charge is -2.36. The lowest BCUT2D eigenvalue weighted by molar-refractivity contribution is -0.135. The van der Waals surface area contributed by atoms with Crippen LogP contribution < -0.4 is 15.4 Å². The van der Waals surface area contributed by atoms with Gasteiger partial charge in [-0.05, 0) is 25.5 Å². The van der Waals surface area contributed by atoms with Crippen LogP contribution in [0.1, 0.15) is 50.9 Å². The van der Waals surface area contributed by atoms with E-state index < -0.39 is 0 Å². The molecule has 0 unspecified atom stereocenters. The fourth-order valence-corrected chi connectivity index (χ4v) is 3.81. The number of carbonyl (C=O) groups is 3. The maximum absolute atomic E-state index is 13.2. The van der Waals surface area contributed by atoms with Crippen LogP contribution in [0.25, 0.3) is 0 Å². The fraction of sp³-hybridized carbons (Fsp3) is 0.625. The Morgan fingerprint density at radius 1 is 1.21 bits per heavy atom. The molecule has 1 aromatic rings. The average molecular weight is 463 g/mol. The maximum atomic E-state index is 13.2. The van der Waals surface area contributed by atoms with E-state index in [-0.39, 0.29) is 42.5 Å². The van der Waals surface area contributed by atoms with Crippen LogP contribution in [0.4, 0.5) is 10.5 Å². The zero-order chi connectivity index (χ0) is 24.5. The number of amides is 4. The summed E-state index contributed by atoms with van der Waals surface area (Å²) in [5.74, 6) is 0.224. The third-order valence-electron chi connectivity index (χ3n) is 5.86. The summed E-state index contributed by atoms with van der Waals surface area (Å²) in [5.41, 5.74) is 0.906. The lowest BCUT2D eigenvalue weighted by atomic mass is 10.0. The number of hydrogen-bond acceptors (Lipinski definition) is 5. The van der Waals surface area contributed by atoms with Gasteiger partial charge in [0.25, 0.3) is 5.91 Å². The van der Waals surface area contributed by atoms with Gasteiger partial charge >= 0.3 is 6.03 Å². The van der Waals surface area contributed by atoms with Crippen LogP contribution >= 0.6 is 0 Å². The summed E-state index contributed by atoms with van der Waals surface area (Å²) in [6.45, 7) is 9.43. The van der Waals surface area contributed by atoms with Crippen LogP contribution in [0, 0.1) is 5.92 Å². The van der Waals surface area contributed by atoms with Crippen molar-refractivity contribution in [1.29, 1.82) is 0 Å². The minimum atomic E-state index is -0.321. The molecule has 1 aliphatic heterocycles. The minimum absolute atomic E-state index is 0.0234. The number of ether oxygens (including phenoxy) is 2. The second kappa shape index (κ2) is 12.4.